The zero-order valence-electron chi connectivity index (χ0n) is 23.2. The van der Waals surface area contributed by atoms with Crippen molar-refractivity contribution in [3.8, 4) is 17.2 Å². The van der Waals surface area contributed by atoms with Gasteiger partial charge in [0, 0.05) is 35.3 Å². The Kier molecular flexibility index (Phi) is 7.23. The van der Waals surface area contributed by atoms with Gasteiger partial charge in [-0.2, -0.15) is 0 Å². The molecule has 5 aromatic rings. The molecule has 1 atom stereocenters. The molecule has 1 aliphatic rings. The molecule has 3 heterocycles. The topological polar surface area (TPSA) is 112 Å². The average molecular weight is 561 g/mol. The van der Waals surface area contributed by atoms with Gasteiger partial charge in [0.15, 0.2) is 5.78 Å². The summed E-state index contributed by atoms with van der Waals surface area (Å²) in [5.74, 6) is 1.27. The van der Waals surface area contributed by atoms with Crippen molar-refractivity contribution in [2.75, 3.05) is 12.4 Å². The minimum atomic E-state index is -0.634. The fourth-order valence-electron chi connectivity index (χ4n) is 5.31. The first-order valence-corrected chi connectivity index (χ1v) is 13.7. The number of hydrogen-bond donors (Lipinski definition) is 1. The van der Waals surface area contributed by atoms with Crippen LogP contribution in [0.4, 0.5) is 5.82 Å². The Balaban J connectivity index is 1.27. The number of ether oxygens (including phenoxy) is 2. The van der Waals surface area contributed by atoms with Crippen LogP contribution >= 0.6 is 0 Å². The van der Waals surface area contributed by atoms with E-state index in [0.717, 1.165) is 16.5 Å². The molecule has 0 aliphatic heterocycles. The Morgan fingerprint density at radius 2 is 1.76 bits per heavy atom. The Bertz CT molecular complexity index is 1870. The van der Waals surface area contributed by atoms with E-state index in [2.05, 4.69) is 15.3 Å². The van der Waals surface area contributed by atoms with Gasteiger partial charge in [-0.1, -0.05) is 30.3 Å². The number of carbonyl (C=O) groups excluding carboxylic acids is 2. The summed E-state index contributed by atoms with van der Waals surface area (Å²) in [6.07, 6.45) is 4.78. The molecule has 2 aromatic carbocycles. The summed E-state index contributed by atoms with van der Waals surface area (Å²) in [7, 11) is 1.60. The minimum Gasteiger partial charge on any atom is -0.497 e. The van der Waals surface area contributed by atoms with Crippen molar-refractivity contribution in [1.82, 2.24) is 14.5 Å². The predicted octanol–water partition coefficient (Wildman–Crippen LogP) is 5.97. The lowest BCUT2D eigenvalue weighted by Crippen LogP contribution is -2.36. The fraction of sp³-hybridized carbons (Fsp3) is 0.182. The van der Waals surface area contributed by atoms with Crippen LogP contribution in [0.3, 0.4) is 0 Å². The zero-order valence-corrected chi connectivity index (χ0v) is 23.2. The highest BCUT2D eigenvalue weighted by Gasteiger charge is 2.28. The number of aromatic nitrogens is 3. The number of nitrogens with one attached hydrogen (secondary N) is 1. The maximum Gasteiger partial charge on any atom is 0.264 e. The lowest BCUT2D eigenvalue weighted by atomic mass is 9.92. The van der Waals surface area contributed by atoms with E-state index in [1.54, 1.807) is 36.1 Å². The summed E-state index contributed by atoms with van der Waals surface area (Å²) in [6, 6.07) is 21.2. The molecule has 0 unspecified atom stereocenters. The van der Waals surface area contributed by atoms with Crippen molar-refractivity contribution in [3.63, 3.8) is 0 Å². The summed E-state index contributed by atoms with van der Waals surface area (Å²) in [5, 5.41) is 3.51. The summed E-state index contributed by atoms with van der Waals surface area (Å²) in [6.45, 7) is 1.90. The van der Waals surface area contributed by atoms with Gasteiger partial charge in [-0.15, -0.1) is 0 Å². The highest BCUT2D eigenvalue weighted by molar-refractivity contribution is 6.06. The van der Waals surface area contributed by atoms with Crippen molar-refractivity contribution in [1.29, 1.82) is 0 Å². The van der Waals surface area contributed by atoms with Gasteiger partial charge in [-0.3, -0.25) is 19.4 Å². The third-order valence-corrected chi connectivity index (χ3v) is 7.49. The van der Waals surface area contributed by atoms with Crippen LogP contribution in [0.2, 0.25) is 0 Å². The molecule has 210 valence electrons. The van der Waals surface area contributed by atoms with Crippen LogP contribution in [0.1, 0.15) is 57.8 Å². The number of hydrogen-bond acceptors (Lipinski definition) is 7. The molecule has 0 spiro atoms. The van der Waals surface area contributed by atoms with Crippen LogP contribution in [-0.4, -0.2) is 33.3 Å². The largest absolute Gasteiger partial charge is 0.497 e. The zero-order chi connectivity index (χ0) is 29.2. The number of rotatable bonds is 7. The predicted molar refractivity (Wildman–Crippen MR) is 159 cm³/mol. The van der Waals surface area contributed by atoms with Gasteiger partial charge in [0.2, 0.25) is 0 Å². The van der Waals surface area contributed by atoms with Crippen LogP contribution < -0.4 is 20.3 Å². The second-order valence-electron chi connectivity index (χ2n) is 10.1. The van der Waals surface area contributed by atoms with Gasteiger partial charge in [0.1, 0.15) is 28.6 Å². The van der Waals surface area contributed by atoms with E-state index in [9.17, 15) is 14.4 Å². The highest BCUT2D eigenvalue weighted by atomic mass is 16.5. The summed E-state index contributed by atoms with van der Waals surface area (Å²) < 4.78 is 12.9. The number of anilines is 1. The van der Waals surface area contributed by atoms with Gasteiger partial charge in [0.25, 0.3) is 11.5 Å². The number of nitrogens with zero attached hydrogens (tertiary/aromatic N) is 3. The van der Waals surface area contributed by atoms with Crippen molar-refractivity contribution < 1.29 is 19.1 Å². The van der Waals surface area contributed by atoms with E-state index in [1.165, 1.54) is 12.3 Å². The molecule has 9 heteroatoms. The third kappa shape index (κ3) is 5.12. The second-order valence-corrected chi connectivity index (χ2v) is 10.1. The lowest BCUT2D eigenvalue weighted by Gasteiger charge is -2.26. The number of pyridine rings is 3. The standard InChI is InChI=1S/C33H28N4O5/c1-20(21-7-4-3-5-8-21)37-28-9-6-10-29(38)25(28)18-26(33(37)40)32(39)36-31-14-12-23(19-35-31)42-30-15-16-34-27-17-22(41-2)11-13-24(27)30/h3-5,7-8,11-20H,6,9-10H2,1-2H3,(H,35,36,39)/t20-/m1/s1. The number of amides is 1. The third-order valence-electron chi connectivity index (χ3n) is 7.49. The summed E-state index contributed by atoms with van der Waals surface area (Å²) in [5.41, 5.74) is 2.18. The molecule has 1 N–H and O–H groups in total. The fourth-order valence-corrected chi connectivity index (χ4v) is 5.31. The first kappa shape index (κ1) is 26.9. The minimum absolute atomic E-state index is 0.0685. The molecule has 1 aliphatic carbocycles. The van der Waals surface area contributed by atoms with Gasteiger partial charge in [-0.25, -0.2) is 4.98 Å². The van der Waals surface area contributed by atoms with Crippen molar-refractivity contribution in [2.45, 2.75) is 32.2 Å². The molecule has 0 saturated heterocycles. The molecule has 1 amide bonds. The normalized spacial score (nSPS) is 13.3. The second kappa shape index (κ2) is 11.3. The van der Waals surface area contributed by atoms with E-state index in [0.29, 0.717) is 47.8 Å². The SMILES string of the molecule is COc1ccc2c(Oc3ccc(NC(=O)c4cc5c(n([C@H](C)c6ccccc6)c4=O)CCCC5=O)nc3)ccnc2c1. The smallest absolute Gasteiger partial charge is 0.264 e. The molecular weight excluding hydrogens is 532 g/mol. The average Bonchev–Trinajstić information content (AvgIpc) is 3.02. The maximum absolute atomic E-state index is 13.7. The van der Waals surface area contributed by atoms with Crippen LogP contribution in [0.25, 0.3) is 10.9 Å². The molecule has 0 saturated carbocycles. The first-order chi connectivity index (χ1) is 20.4. The Labute approximate surface area is 241 Å². The molecular formula is C33H28N4O5. The Morgan fingerprint density at radius 3 is 2.52 bits per heavy atom. The number of Topliss-reactive ketones (excluding diaryl/α,β-unsaturated/α-hetero) is 1. The van der Waals surface area contributed by atoms with Gasteiger partial charge < -0.3 is 19.4 Å². The van der Waals surface area contributed by atoms with Crippen molar-refractivity contribution in [3.05, 3.63) is 118 Å². The Hall–Kier alpha value is -5.31. The number of carbonyl (C=O) groups is 2. The Morgan fingerprint density at radius 1 is 0.952 bits per heavy atom. The molecule has 0 bridgehead atoms. The van der Waals surface area contributed by atoms with E-state index in [-0.39, 0.29) is 23.2 Å². The van der Waals surface area contributed by atoms with Gasteiger partial charge in [0.05, 0.1) is 24.9 Å². The molecule has 6 rings (SSSR count). The first-order valence-electron chi connectivity index (χ1n) is 13.7. The van der Waals surface area contributed by atoms with E-state index in [4.69, 9.17) is 9.47 Å². The maximum atomic E-state index is 13.7. The van der Waals surface area contributed by atoms with Crippen LogP contribution in [0.5, 0.6) is 17.2 Å². The number of ketones is 1. The summed E-state index contributed by atoms with van der Waals surface area (Å²) in [4.78, 5) is 48.7. The van der Waals surface area contributed by atoms with Gasteiger partial charge >= 0.3 is 0 Å². The van der Waals surface area contributed by atoms with Crippen LogP contribution in [-0.2, 0) is 6.42 Å². The van der Waals surface area contributed by atoms with Crippen LogP contribution in [0.15, 0.2) is 90.0 Å². The molecule has 0 fully saturated rings. The van der Waals surface area contributed by atoms with Gasteiger partial charge in [-0.05, 0) is 61.7 Å². The molecule has 9 nitrogen and oxygen atoms in total. The number of benzene rings is 2. The molecule has 3 aromatic heterocycles. The molecule has 42 heavy (non-hydrogen) atoms. The van der Waals surface area contributed by atoms with E-state index in [1.807, 2.05) is 55.5 Å². The molecule has 0 radical (unpaired) electrons. The van der Waals surface area contributed by atoms with Crippen LogP contribution in [0, 0.1) is 0 Å². The van der Waals surface area contributed by atoms with Crippen molar-refractivity contribution >= 4 is 28.4 Å². The van der Waals surface area contributed by atoms with E-state index >= 15 is 0 Å². The summed E-state index contributed by atoms with van der Waals surface area (Å²) >= 11 is 0. The lowest BCUT2D eigenvalue weighted by molar-refractivity contribution is 0.0970. The highest BCUT2D eigenvalue weighted by Crippen LogP contribution is 2.31. The van der Waals surface area contributed by atoms with E-state index < -0.39 is 11.5 Å². The van der Waals surface area contributed by atoms with Crippen molar-refractivity contribution in [2.24, 2.45) is 0 Å². The number of methoxy groups -OCH3 is 1. The monoisotopic (exact) mass is 560 g/mol. The quantitative estimate of drug-likeness (QED) is 0.261. The number of fused-ring (bicyclic) bond motifs is 2.